The van der Waals surface area contributed by atoms with Gasteiger partial charge in [0.15, 0.2) is 5.82 Å². The highest BCUT2D eigenvalue weighted by atomic mass is 35.5. The average molecular weight is 627 g/mol. The third-order valence-electron chi connectivity index (χ3n) is 5.67. The topological polar surface area (TPSA) is 156 Å². The van der Waals surface area contributed by atoms with Crippen LogP contribution in [0.25, 0.3) is 5.82 Å². The third-order valence-corrected chi connectivity index (χ3v) is 5.97. The third kappa shape index (κ3) is 7.24. The van der Waals surface area contributed by atoms with Gasteiger partial charge in [-0.05, 0) is 53.2 Å². The number of pyridine rings is 1. The van der Waals surface area contributed by atoms with Gasteiger partial charge in [0.1, 0.15) is 5.69 Å². The van der Waals surface area contributed by atoms with Crippen LogP contribution in [0.2, 0.25) is 5.02 Å². The molecule has 3 aromatic heterocycles. The van der Waals surface area contributed by atoms with E-state index in [-0.39, 0.29) is 44.6 Å². The van der Waals surface area contributed by atoms with Gasteiger partial charge < -0.3 is 10.6 Å². The summed E-state index contributed by atoms with van der Waals surface area (Å²) in [7, 11) is 0. The smallest absolute Gasteiger partial charge is 0.352 e. The number of hydrogen-bond donors (Lipinski definition) is 2. The molecule has 0 radical (unpaired) electrons. The molecular weight excluding hydrogens is 610 g/mol. The van der Waals surface area contributed by atoms with Gasteiger partial charge in [0, 0.05) is 12.7 Å². The predicted octanol–water partition coefficient (Wildman–Crippen LogP) is 4.09. The lowest BCUT2D eigenvalue weighted by molar-refractivity contribution is -0.147. The Balaban J connectivity index is 1.73. The quantitative estimate of drug-likeness (QED) is 0.277. The van der Waals surface area contributed by atoms with Gasteiger partial charge in [-0.1, -0.05) is 11.6 Å². The number of anilines is 1. The Labute approximate surface area is 242 Å². The van der Waals surface area contributed by atoms with E-state index in [1.807, 2.05) is 6.07 Å². The van der Waals surface area contributed by atoms with Gasteiger partial charge in [0.2, 0.25) is 0 Å². The number of alkyl halides is 6. The first-order chi connectivity index (χ1) is 20.2. The number of halogens is 7. The van der Waals surface area contributed by atoms with Crippen LogP contribution in [-0.2, 0) is 12.7 Å². The zero-order chi connectivity index (χ0) is 31.5. The highest BCUT2D eigenvalue weighted by molar-refractivity contribution is 6.32. The standard InChI is InChI=1S/C24H17ClF6N10O2/c1-12-7-13(10-32)8-15(20(42)34-6-4-23(26,27)28)18(12)35-21(43)17-9-14(11-40-22(24(29,30)31)36-38-39-40)37-41(17)19-16(25)3-2-5-33-19/h2-3,5,7-9H,4,6,11H2,1H3,(H,34,42)(H,35,43). The Morgan fingerprint density at radius 1 is 1.12 bits per heavy atom. The highest BCUT2D eigenvalue weighted by Crippen LogP contribution is 2.28. The molecule has 43 heavy (non-hydrogen) atoms. The molecular formula is C24H17ClF6N10O2. The van der Waals surface area contributed by atoms with E-state index in [4.69, 9.17) is 11.6 Å². The molecule has 4 aromatic rings. The number of tetrazole rings is 1. The molecule has 0 unspecified atom stereocenters. The van der Waals surface area contributed by atoms with Crippen LogP contribution in [0.15, 0.2) is 36.5 Å². The summed E-state index contributed by atoms with van der Waals surface area (Å²) in [4.78, 5) is 30.5. The van der Waals surface area contributed by atoms with Crippen molar-refractivity contribution in [2.45, 2.75) is 32.2 Å². The first kappa shape index (κ1) is 30.9. The summed E-state index contributed by atoms with van der Waals surface area (Å²) in [5.74, 6) is -3.45. The van der Waals surface area contributed by atoms with Crippen LogP contribution in [0.3, 0.4) is 0 Å². The lowest BCUT2D eigenvalue weighted by Crippen LogP contribution is -2.29. The fourth-order valence-corrected chi connectivity index (χ4v) is 4.02. The van der Waals surface area contributed by atoms with Crippen molar-refractivity contribution in [3.63, 3.8) is 0 Å². The summed E-state index contributed by atoms with van der Waals surface area (Å²) < 4.78 is 79.1. The summed E-state index contributed by atoms with van der Waals surface area (Å²) in [6, 6.07) is 8.26. The van der Waals surface area contributed by atoms with E-state index in [0.29, 0.717) is 4.68 Å². The van der Waals surface area contributed by atoms with Crippen molar-refractivity contribution in [2.75, 3.05) is 11.9 Å². The minimum absolute atomic E-state index is 0.00836. The maximum absolute atomic E-state index is 13.6. The Kier molecular flexibility index (Phi) is 8.66. The molecule has 0 atom stereocenters. The molecule has 0 aliphatic rings. The van der Waals surface area contributed by atoms with Crippen LogP contribution in [-0.4, -0.2) is 59.5 Å². The number of aryl methyl sites for hydroxylation is 1. The molecule has 19 heteroatoms. The average Bonchev–Trinajstić information content (AvgIpc) is 3.56. The van der Waals surface area contributed by atoms with Gasteiger partial charge in [0.25, 0.3) is 17.6 Å². The van der Waals surface area contributed by atoms with Crippen LogP contribution < -0.4 is 10.6 Å². The van der Waals surface area contributed by atoms with Crippen molar-refractivity contribution in [3.05, 3.63) is 75.5 Å². The summed E-state index contributed by atoms with van der Waals surface area (Å²) in [5.41, 5.74) is -0.673. The fraction of sp³-hybridized carbons (Fsp3) is 0.250. The second kappa shape index (κ2) is 12.1. The molecule has 0 fully saturated rings. The van der Waals surface area contributed by atoms with Gasteiger partial charge in [-0.2, -0.15) is 36.7 Å². The van der Waals surface area contributed by atoms with Crippen LogP contribution in [0.5, 0.6) is 0 Å². The summed E-state index contributed by atoms with van der Waals surface area (Å²) in [6.07, 6.45) is -9.43. The first-order valence-corrected chi connectivity index (χ1v) is 12.3. The summed E-state index contributed by atoms with van der Waals surface area (Å²) in [6.45, 7) is 0.0525. The SMILES string of the molecule is Cc1cc(C#N)cc(C(=O)NCCC(F)(F)F)c1NC(=O)c1cc(Cn2nnnc2C(F)(F)F)nn1-c1ncccc1Cl. The number of amides is 2. The fourth-order valence-electron chi connectivity index (χ4n) is 3.82. The van der Waals surface area contributed by atoms with Crippen molar-refractivity contribution in [3.8, 4) is 11.9 Å². The van der Waals surface area contributed by atoms with E-state index >= 15 is 0 Å². The molecule has 0 saturated heterocycles. The van der Waals surface area contributed by atoms with Gasteiger partial charge in [-0.3, -0.25) is 9.59 Å². The van der Waals surface area contributed by atoms with Gasteiger partial charge in [-0.25, -0.2) is 14.3 Å². The molecule has 0 spiro atoms. The number of aromatic nitrogens is 7. The number of carbonyl (C=O) groups is 2. The molecule has 2 amide bonds. The molecule has 0 saturated carbocycles. The molecule has 3 heterocycles. The van der Waals surface area contributed by atoms with E-state index in [1.165, 1.54) is 31.3 Å². The number of hydrogen-bond acceptors (Lipinski definition) is 8. The minimum atomic E-state index is -4.89. The number of rotatable bonds is 8. The zero-order valence-electron chi connectivity index (χ0n) is 21.6. The Morgan fingerprint density at radius 2 is 1.86 bits per heavy atom. The second-order valence-electron chi connectivity index (χ2n) is 8.80. The largest absolute Gasteiger partial charge is 0.453 e. The Morgan fingerprint density at radius 3 is 2.51 bits per heavy atom. The van der Waals surface area contributed by atoms with Gasteiger partial charge in [0.05, 0.1) is 46.6 Å². The monoisotopic (exact) mass is 626 g/mol. The van der Waals surface area contributed by atoms with Crippen LogP contribution >= 0.6 is 11.6 Å². The Hall–Kier alpha value is -5.05. The van der Waals surface area contributed by atoms with Crippen LogP contribution in [0.1, 0.15) is 49.9 Å². The van der Waals surface area contributed by atoms with Crippen LogP contribution in [0, 0.1) is 18.3 Å². The molecule has 4 rings (SSSR count). The molecule has 0 aliphatic carbocycles. The van der Waals surface area contributed by atoms with Crippen molar-refractivity contribution in [2.24, 2.45) is 0 Å². The van der Waals surface area contributed by atoms with E-state index in [1.54, 1.807) is 0 Å². The number of nitrogens with one attached hydrogen (secondary N) is 2. The number of nitriles is 1. The van der Waals surface area contributed by atoms with Crippen molar-refractivity contribution < 1.29 is 35.9 Å². The van der Waals surface area contributed by atoms with E-state index in [2.05, 4.69) is 36.2 Å². The number of benzene rings is 1. The second-order valence-corrected chi connectivity index (χ2v) is 9.21. The van der Waals surface area contributed by atoms with E-state index in [9.17, 15) is 41.2 Å². The maximum Gasteiger partial charge on any atom is 0.453 e. The maximum atomic E-state index is 13.6. The molecule has 0 aliphatic heterocycles. The lowest BCUT2D eigenvalue weighted by atomic mass is 10.0. The Bertz CT molecular complexity index is 1720. The zero-order valence-corrected chi connectivity index (χ0v) is 22.4. The van der Waals surface area contributed by atoms with Crippen molar-refractivity contribution in [1.82, 2.24) is 40.3 Å². The lowest BCUT2D eigenvalue weighted by Gasteiger charge is -2.16. The van der Waals surface area contributed by atoms with E-state index < -0.39 is 49.5 Å². The minimum Gasteiger partial charge on any atom is -0.352 e. The number of carbonyl (C=O) groups excluding carboxylic acids is 2. The normalized spacial score (nSPS) is 11.7. The van der Waals surface area contributed by atoms with E-state index in [0.717, 1.165) is 16.8 Å². The first-order valence-electron chi connectivity index (χ1n) is 11.9. The molecule has 2 N–H and O–H groups in total. The van der Waals surface area contributed by atoms with Crippen LogP contribution in [0.4, 0.5) is 32.0 Å². The molecule has 0 bridgehead atoms. The summed E-state index contributed by atoms with van der Waals surface area (Å²) >= 11 is 6.23. The van der Waals surface area contributed by atoms with Crippen molar-refractivity contribution >= 4 is 29.1 Å². The van der Waals surface area contributed by atoms with Gasteiger partial charge in [-0.15, -0.1) is 5.10 Å². The number of nitrogens with zero attached hydrogens (tertiary/aromatic N) is 8. The predicted molar refractivity (Wildman–Crippen MR) is 135 cm³/mol. The molecule has 12 nitrogen and oxygen atoms in total. The van der Waals surface area contributed by atoms with Crippen molar-refractivity contribution in [1.29, 1.82) is 5.26 Å². The molecule has 1 aromatic carbocycles. The summed E-state index contributed by atoms with van der Waals surface area (Å²) in [5, 5.41) is 27.4. The molecule has 224 valence electrons. The highest BCUT2D eigenvalue weighted by Gasteiger charge is 2.38. The van der Waals surface area contributed by atoms with Gasteiger partial charge >= 0.3 is 12.4 Å².